The first-order chi connectivity index (χ1) is 27.9. The van der Waals surface area contributed by atoms with Crippen molar-refractivity contribution in [2.24, 2.45) is 4.99 Å². The van der Waals surface area contributed by atoms with Crippen LogP contribution in [0.2, 0.25) is 5.02 Å². The molecule has 0 amide bonds. The molecule has 0 bridgehead atoms. The minimum Gasteiger partial charge on any atom is -0.494 e. The first-order valence-corrected chi connectivity index (χ1v) is 20.7. The number of hydrogen-bond acceptors (Lipinski definition) is 7. The van der Waals surface area contributed by atoms with Gasteiger partial charge in [0.2, 0.25) is 0 Å². The third-order valence-corrected chi connectivity index (χ3v) is 9.77. The summed E-state index contributed by atoms with van der Waals surface area (Å²) in [4.78, 5) is 30.3. The molecule has 7 nitrogen and oxygen atoms in total. The van der Waals surface area contributed by atoms with Crippen molar-refractivity contribution in [3.8, 4) is 34.1 Å². The zero-order valence-corrected chi connectivity index (χ0v) is 34.0. The molecule has 0 saturated heterocycles. The third-order valence-electron chi connectivity index (χ3n) is 9.48. The molecule has 0 aliphatic rings. The molecule has 5 aromatic rings. The summed E-state index contributed by atoms with van der Waals surface area (Å²) in [6, 6.07) is 34.3. The predicted molar refractivity (Wildman–Crippen MR) is 231 cm³/mol. The zero-order valence-electron chi connectivity index (χ0n) is 33.2. The maximum absolute atomic E-state index is 13.0. The number of carbonyl (C=O) groups excluding carboxylic acids is 2. The lowest BCUT2D eigenvalue weighted by Crippen LogP contribution is -2.08. The lowest BCUT2D eigenvalue weighted by Gasteiger charge is -2.10. The Bertz CT molecular complexity index is 2010. The van der Waals surface area contributed by atoms with E-state index >= 15 is 0 Å². The number of esters is 2. The molecule has 298 valence electrons. The highest BCUT2D eigenvalue weighted by Gasteiger charge is 2.13. The monoisotopic (exact) mass is 787 g/mol. The molecular formula is C49H54ClNO6. The van der Waals surface area contributed by atoms with Crippen molar-refractivity contribution in [3.63, 3.8) is 0 Å². The number of hydrogen-bond donors (Lipinski definition) is 0. The van der Waals surface area contributed by atoms with Crippen LogP contribution in [0.5, 0.6) is 23.0 Å². The van der Waals surface area contributed by atoms with Crippen molar-refractivity contribution in [2.45, 2.75) is 90.9 Å². The zero-order chi connectivity index (χ0) is 40.1. The van der Waals surface area contributed by atoms with Gasteiger partial charge in [0.05, 0.1) is 35.1 Å². The molecule has 0 atom stereocenters. The quantitative estimate of drug-likeness (QED) is 0.0284. The molecule has 0 fully saturated rings. The number of ether oxygens (including phenoxy) is 4. The van der Waals surface area contributed by atoms with E-state index in [2.05, 4.69) is 18.8 Å². The normalized spacial score (nSPS) is 11.1. The minimum atomic E-state index is -0.521. The summed E-state index contributed by atoms with van der Waals surface area (Å²) in [5.41, 5.74) is 4.23. The fourth-order valence-corrected chi connectivity index (χ4v) is 6.40. The van der Waals surface area contributed by atoms with Gasteiger partial charge in [0.25, 0.3) is 0 Å². The molecule has 0 radical (unpaired) electrons. The predicted octanol–water partition coefficient (Wildman–Crippen LogP) is 13.7. The Morgan fingerprint density at radius 3 is 1.74 bits per heavy atom. The Morgan fingerprint density at radius 1 is 0.544 bits per heavy atom. The van der Waals surface area contributed by atoms with Gasteiger partial charge in [-0.25, -0.2) is 9.59 Å². The molecular weight excluding hydrogens is 734 g/mol. The molecule has 0 saturated carbocycles. The summed E-state index contributed by atoms with van der Waals surface area (Å²) in [7, 11) is 0. The van der Waals surface area contributed by atoms with Gasteiger partial charge in [-0.15, -0.1) is 0 Å². The Hall–Kier alpha value is -5.40. The van der Waals surface area contributed by atoms with Gasteiger partial charge in [-0.1, -0.05) is 126 Å². The first-order valence-electron chi connectivity index (χ1n) is 20.4. The van der Waals surface area contributed by atoms with Gasteiger partial charge in [0.1, 0.15) is 23.0 Å². The SMILES string of the molecule is CCCCCCCCOc1ccc(-c2ccc(C(=O)Oc3cccc(C=Nc4ccc(OC(=O)c5ccc(OCCCCCCCC)c(Cl)c5)cc4)c3)cc2)cc1. The number of rotatable bonds is 23. The molecule has 0 spiro atoms. The van der Waals surface area contributed by atoms with E-state index in [-0.39, 0.29) is 0 Å². The molecule has 0 aliphatic heterocycles. The van der Waals surface area contributed by atoms with Gasteiger partial charge in [0.15, 0.2) is 0 Å². The number of aliphatic imine (C=N–C) groups is 1. The second-order valence-corrected chi connectivity index (χ2v) is 14.5. The van der Waals surface area contributed by atoms with E-state index in [9.17, 15) is 9.59 Å². The minimum absolute atomic E-state index is 0.331. The largest absolute Gasteiger partial charge is 0.494 e. The summed E-state index contributed by atoms with van der Waals surface area (Å²) < 4.78 is 23.0. The summed E-state index contributed by atoms with van der Waals surface area (Å²) in [6.07, 6.45) is 16.1. The average molecular weight is 788 g/mol. The summed E-state index contributed by atoms with van der Waals surface area (Å²) in [5.74, 6) is 1.23. The topological polar surface area (TPSA) is 83.4 Å². The van der Waals surface area contributed by atoms with Crippen molar-refractivity contribution in [1.29, 1.82) is 0 Å². The summed E-state index contributed by atoms with van der Waals surface area (Å²) in [5, 5.41) is 0.370. The number of unbranched alkanes of at least 4 members (excludes halogenated alkanes) is 10. The van der Waals surface area contributed by atoms with Crippen LogP contribution < -0.4 is 18.9 Å². The molecule has 0 N–H and O–H groups in total. The Labute approximate surface area is 343 Å². The number of benzene rings is 5. The molecule has 5 aromatic carbocycles. The van der Waals surface area contributed by atoms with Gasteiger partial charge in [0, 0.05) is 6.21 Å². The highest BCUT2D eigenvalue weighted by Crippen LogP contribution is 2.28. The standard InChI is InChI=1S/C49H54ClNO6/c1-3-5-7-9-11-13-32-54-43-27-22-39(23-28-43)38-18-20-40(21-19-38)48(52)57-45-17-15-16-37(34-45)36-51-42-25-29-44(30-26-42)56-49(53)41-24-31-47(46(50)35-41)55-33-14-12-10-8-6-4-2/h15-31,34-36H,3-14,32-33H2,1-2H3. The van der Waals surface area contributed by atoms with Crippen LogP contribution in [0.1, 0.15) is 117 Å². The van der Waals surface area contributed by atoms with Crippen LogP contribution in [0.15, 0.2) is 120 Å². The second kappa shape index (κ2) is 23.6. The van der Waals surface area contributed by atoms with Crippen molar-refractivity contribution in [2.75, 3.05) is 13.2 Å². The number of carbonyl (C=O) groups is 2. The number of halogens is 1. The van der Waals surface area contributed by atoms with Crippen LogP contribution in [-0.2, 0) is 0 Å². The molecule has 8 heteroatoms. The lowest BCUT2D eigenvalue weighted by molar-refractivity contribution is 0.0725. The highest BCUT2D eigenvalue weighted by atomic mass is 35.5. The van der Waals surface area contributed by atoms with Crippen LogP contribution in [-0.4, -0.2) is 31.4 Å². The van der Waals surface area contributed by atoms with Crippen LogP contribution in [0.4, 0.5) is 5.69 Å². The fourth-order valence-electron chi connectivity index (χ4n) is 6.16. The Morgan fingerprint density at radius 2 is 1.09 bits per heavy atom. The highest BCUT2D eigenvalue weighted by molar-refractivity contribution is 6.32. The van der Waals surface area contributed by atoms with Crippen LogP contribution in [0.3, 0.4) is 0 Å². The second-order valence-electron chi connectivity index (χ2n) is 14.1. The summed E-state index contributed by atoms with van der Waals surface area (Å²) in [6.45, 7) is 5.76. The molecule has 0 aliphatic carbocycles. The molecule has 57 heavy (non-hydrogen) atoms. The third kappa shape index (κ3) is 14.6. The van der Waals surface area contributed by atoms with Crippen LogP contribution >= 0.6 is 11.6 Å². The van der Waals surface area contributed by atoms with Gasteiger partial charge < -0.3 is 18.9 Å². The van der Waals surface area contributed by atoms with Gasteiger partial charge in [-0.3, -0.25) is 4.99 Å². The average Bonchev–Trinajstić information content (AvgIpc) is 3.23. The smallest absolute Gasteiger partial charge is 0.343 e. The van der Waals surface area contributed by atoms with E-state index in [0.29, 0.717) is 45.7 Å². The maximum Gasteiger partial charge on any atom is 0.343 e. The Kier molecular flexibility index (Phi) is 17.7. The number of nitrogens with zero attached hydrogens (tertiary/aromatic N) is 1. The van der Waals surface area contributed by atoms with Crippen molar-refractivity contribution >= 4 is 35.4 Å². The van der Waals surface area contributed by atoms with Crippen molar-refractivity contribution in [3.05, 3.63) is 137 Å². The summed E-state index contributed by atoms with van der Waals surface area (Å²) >= 11 is 6.40. The van der Waals surface area contributed by atoms with Crippen LogP contribution in [0.25, 0.3) is 11.1 Å². The van der Waals surface area contributed by atoms with Crippen LogP contribution in [0, 0.1) is 0 Å². The van der Waals surface area contributed by atoms with Crippen molar-refractivity contribution < 1.29 is 28.5 Å². The van der Waals surface area contributed by atoms with E-state index in [1.165, 1.54) is 57.8 Å². The van der Waals surface area contributed by atoms with E-state index < -0.39 is 11.9 Å². The van der Waals surface area contributed by atoms with E-state index in [1.54, 1.807) is 79.0 Å². The molecule has 0 aromatic heterocycles. The maximum atomic E-state index is 13.0. The van der Waals surface area contributed by atoms with E-state index in [0.717, 1.165) is 48.3 Å². The fraction of sp³-hybridized carbons (Fsp3) is 0.327. The van der Waals surface area contributed by atoms with Crippen molar-refractivity contribution in [1.82, 2.24) is 0 Å². The Balaban J connectivity index is 1.06. The molecule has 0 heterocycles. The molecule has 5 rings (SSSR count). The first kappa shape index (κ1) is 42.7. The molecule has 0 unspecified atom stereocenters. The lowest BCUT2D eigenvalue weighted by atomic mass is 10.0. The van der Waals surface area contributed by atoms with Gasteiger partial charge in [-0.05, 0) is 108 Å². The van der Waals surface area contributed by atoms with Gasteiger partial charge in [-0.2, -0.15) is 0 Å². The van der Waals surface area contributed by atoms with E-state index in [1.807, 2.05) is 42.5 Å². The van der Waals surface area contributed by atoms with Gasteiger partial charge >= 0.3 is 11.9 Å². The van der Waals surface area contributed by atoms with E-state index in [4.69, 9.17) is 30.5 Å².